The van der Waals surface area contributed by atoms with E-state index in [1.807, 2.05) is 0 Å². The molecule has 1 N–H and O–H groups in total. The van der Waals surface area contributed by atoms with Crippen molar-refractivity contribution in [2.45, 2.75) is 6.18 Å². The molecule has 4 rings (SSSR count). The molecule has 0 aliphatic carbocycles. The van der Waals surface area contributed by atoms with Crippen LogP contribution in [-0.4, -0.2) is 67.6 Å². The molecule has 7 nitrogen and oxygen atoms in total. The Bertz CT molecular complexity index is 1000. The Kier molecular flexibility index (Phi) is 6.22. The van der Waals surface area contributed by atoms with Crippen molar-refractivity contribution in [1.82, 2.24) is 9.80 Å². The number of carbonyl (C=O) groups is 2. The van der Waals surface area contributed by atoms with Crippen LogP contribution in [0, 0.1) is 0 Å². The molecule has 32 heavy (non-hydrogen) atoms. The molecule has 10 heteroatoms. The van der Waals surface area contributed by atoms with Crippen LogP contribution >= 0.6 is 0 Å². The zero-order chi connectivity index (χ0) is 22.7. The molecule has 0 atom stereocenters. The number of hydrogen-bond acceptors (Lipinski definition) is 5. The molecule has 2 aromatic rings. The quantitative estimate of drug-likeness (QED) is 0.778. The molecule has 2 heterocycles. The Morgan fingerprint density at radius 2 is 1.62 bits per heavy atom. The third-order valence-electron chi connectivity index (χ3n) is 5.32. The SMILES string of the molecule is O=C(CN1CCN(C(=O)c2ccc3c(c2)OCCO3)CC1)Nc1ccccc1C(F)(F)F. The molecule has 1 saturated heterocycles. The first kappa shape index (κ1) is 21.9. The van der Waals surface area contributed by atoms with Gasteiger partial charge in [-0.2, -0.15) is 13.2 Å². The Morgan fingerprint density at radius 3 is 2.34 bits per heavy atom. The van der Waals surface area contributed by atoms with Crippen LogP contribution in [0.25, 0.3) is 0 Å². The maximum absolute atomic E-state index is 13.1. The maximum atomic E-state index is 13.1. The second-order valence-electron chi connectivity index (χ2n) is 7.52. The number of benzene rings is 2. The van der Waals surface area contributed by atoms with Gasteiger partial charge in [0.2, 0.25) is 5.91 Å². The number of rotatable bonds is 4. The van der Waals surface area contributed by atoms with Crippen LogP contribution in [0.4, 0.5) is 18.9 Å². The van der Waals surface area contributed by atoms with E-state index in [9.17, 15) is 22.8 Å². The van der Waals surface area contributed by atoms with E-state index in [1.165, 1.54) is 18.2 Å². The number of ether oxygens (including phenoxy) is 2. The highest BCUT2D eigenvalue weighted by Gasteiger charge is 2.33. The van der Waals surface area contributed by atoms with E-state index in [0.29, 0.717) is 56.5 Å². The zero-order valence-electron chi connectivity index (χ0n) is 17.2. The Hall–Kier alpha value is -3.27. The molecule has 0 radical (unpaired) electrons. The highest BCUT2D eigenvalue weighted by Crippen LogP contribution is 2.34. The minimum Gasteiger partial charge on any atom is -0.486 e. The van der Waals surface area contributed by atoms with Crippen LogP contribution in [0.15, 0.2) is 42.5 Å². The summed E-state index contributed by atoms with van der Waals surface area (Å²) >= 11 is 0. The second-order valence-corrected chi connectivity index (χ2v) is 7.52. The molecule has 0 spiro atoms. The van der Waals surface area contributed by atoms with Crippen LogP contribution in [0.2, 0.25) is 0 Å². The number of alkyl halides is 3. The first-order chi connectivity index (χ1) is 15.3. The van der Waals surface area contributed by atoms with Gasteiger partial charge in [0.15, 0.2) is 11.5 Å². The van der Waals surface area contributed by atoms with Crippen molar-refractivity contribution in [1.29, 1.82) is 0 Å². The van der Waals surface area contributed by atoms with Gasteiger partial charge in [-0.15, -0.1) is 0 Å². The van der Waals surface area contributed by atoms with Crippen LogP contribution < -0.4 is 14.8 Å². The fourth-order valence-corrected chi connectivity index (χ4v) is 3.70. The molecule has 0 aromatic heterocycles. The van der Waals surface area contributed by atoms with Crippen LogP contribution in [-0.2, 0) is 11.0 Å². The lowest BCUT2D eigenvalue weighted by atomic mass is 10.1. The number of anilines is 1. The number of piperazine rings is 1. The smallest absolute Gasteiger partial charge is 0.418 e. The van der Waals surface area contributed by atoms with E-state index < -0.39 is 17.6 Å². The summed E-state index contributed by atoms with van der Waals surface area (Å²) in [6.45, 7) is 2.52. The van der Waals surface area contributed by atoms with E-state index >= 15 is 0 Å². The number of nitrogens with one attached hydrogen (secondary N) is 1. The molecule has 170 valence electrons. The van der Waals surface area contributed by atoms with Crippen molar-refractivity contribution in [3.8, 4) is 11.5 Å². The summed E-state index contributed by atoms with van der Waals surface area (Å²) in [5.41, 5.74) is -0.662. The van der Waals surface area contributed by atoms with Gasteiger partial charge in [0.1, 0.15) is 13.2 Å². The van der Waals surface area contributed by atoms with Gasteiger partial charge in [-0.05, 0) is 30.3 Å². The van der Waals surface area contributed by atoms with Gasteiger partial charge in [-0.25, -0.2) is 0 Å². The summed E-state index contributed by atoms with van der Waals surface area (Å²) in [7, 11) is 0. The number of halogens is 3. The van der Waals surface area contributed by atoms with Crippen molar-refractivity contribution >= 4 is 17.5 Å². The Labute approximate surface area is 182 Å². The van der Waals surface area contributed by atoms with Gasteiger partial charge in [-0.3, -0.25) is 14.5 Å². The number of fused-ring (bicyclic) bond motifs is 1. The maximum Gasteiger partial charge on any atom is 0.418 e. The van der Waals surface area contributed by atoms with Crippen molar-refractivity contribution in [3.05, 3.63) is 53.6 Å². The summed E-state index contributed by atoms with van der Waals surface area (Å²) in [5, 5.41) is 2.35. The predicted octanol–water partition coefficient (Wildman–Crippen LogP) is 2.87. The fourth-order valence-electron chi connectivity index (χ4n) is 3.70. The van der Waals surface area contributed by atoms with Crippen LogP contribution in [0.3, 0.4) is 0 Å². The van der Waals surface area contributed by atoms with E-state index in [1.54, 1.807) is 28.0 Å². The first-order valence-electron chi connectivity index (χ1n) is 10.2. The summed E-state index contributed by atoms with van der Waals surface area (Å²) in [6, 6.07) is 9.93. The summed E-state index contributed by atoms with van der Waals surface area (Å²) in [4.78, 5) is 28.6. The third-order valence-corrected chi connectivity index (χ3v) is 5.32. The predicted molar refractivity (Wildman–Crippen MR) is 110 cm³/mol. The standard InChI is InChI=1S/C22H22F3N3O4/c23-22(24,25)16-3-1-2-4-17(16)26-20(29)14-27-7-9-28(10-8-27)21(30)15-5-6-18-19(13-15)32-12-11-31-18/h1-6,13H,7-12,14H2,(H,26,29). The van der Waals surface area contributed by atoms with Gasteiger partial charge in [0, 0.05) is 31.7 Å². The van der Waals surface area contributed by atoms with Gasteiger partial charge < -0.3 is 19.7 Å². The number of amides is 2. The molecule has 2 aliphatic rings. The molecule has 0 saturated carbocycles. The molecule has 0 bridgehead atoms. The molecular formula is C22H22F3N3O4. The highest BCUT2D eigenvalue weighted by atomic mass is 19.4. The molecular weight excluding hydrogens is 427 g/mol. The number of carbonyl (C=O) groups excluding carboxylic acids is 2. The minimum atomic E-state index is -4.55. The highest BCUT2D eigenvalue weighted by molar-refractivity contribution is 5.95. The Morgan fingerprint density at radius 1 is 0.938 bits per heavy atom. The van der Waals surface area contributed by atoms with E-state index in [2.05, 4.69) is 5.32 Å². The van der Waals surface area contributed by atoms with E-state index in [0.717, 1.165) is 6.07 Å². The zero-order valence-corrected chi connectivity index (χ0v) is 17.2. The van der Waals surface area contributed by atoms with E-state index in [-0.39, 0.29) is 18.1 Å². The van der Waals surface area contributed by atoms with Crippen molar-refractivity contribution in [3.63, 3.8) is 0 Å². The average molecular weight is 449 g/mol. The number of nitrogens with zero attached hydrogens (tertiary/aromatic N) is 2. The average Bonchev–Trinajstić information content (AvgIpc) is 2.78. The molecule has 2 amide bonds. The monoisotopic (exact) mass is 449 g/mol. The second kappa shape index (κ2) is 9.07. The lowest BCUT2D eigenvalue weighted by Crippen LogP contribution is -2.50. The fraction of sp³-hybridized carbons (Fsp3) is 0.364. The minimum absolute atomic E-state index is 0.0573. The molecule has 2 aliphatic heterocycles. The first-order valence-corrected chi connectivity index (χ1v) is 10.2. The van der Waals surface area contributed by atoms with Crippen LogP contribution in [0.1, 0.15) is 15.9 Å². The topological polar surface area (TPSA) is 71.1 Å². The lowest BCUT2D eigenvalue weighted by Gasteiger charge is -2.34. The van der Waals surface area contributed by atoms with Gasteiger partial charge in [-0.1, -0.05) is 12.1 Å². The van der Waals surface area contributed by atoms with Gasteiger partial charge in [0.05, 0.1) is 17.8 Å². The molecule has 0 unspecified atom stereocenters. The van der Waals surface area contributed by atoms with Gasteiger partial charge >= 0.3 is 6.18 Å². The normalized spacial score (nSPS) is 16.5. The van der Waals surface area contributed by atoms with Crippen molar-refractivity contribution < 1.29 is 32.2 Å². The Balaban J connectivity index is 1.31. The van der Waals surface area contributed by atoms with Gasteiger partial charge in [0.25, 0.3) is 5.91 Å². The van der Waals surface area contributed by atoms with Crippen molar-refractivity contribution in [2.24, 2.45) is 0 Å². The summed E-state index contributed by atoms with van der Waals surface area (Å²) in [6.07, 6.45) is -4.55. The summed E-state index contributed by atoms with van der Waals surface area (Å²) < 4.78 is 50.3. The third kappa shape index (κ3) is 4.96. The van der Waals surface area contributed by atoms with Crippen molar-refractivity contribution in [2.75, 3.05) is 51.3 Å². The molecule has 1 fully saturated rings. The summed E-state index contributed by atoms with van der Waals surface area (Å²) in [5.74, 6) is 0.464. The van der Waals surface area contributed by atoms with Crippen LogP contribution in [0.5, 0.6) is 11.5 Å². The number of para-hydroxylation sites is 1. The number of hydrogen-bond donors (Lipinski definition) is 1. The molecule has 2 aromatic carbocycles. The largest absolute Gasteiger partial charge is 0.486 e. The lowest BCUT2D eigenvalue weighted by molar-refractivity contribution is -0.137. The van der Waals surface area contributed by atoms with E-state index in [4.69, 9.17) is 9.47 Å².